The molecule has 0 fully saturated rings. The van der Waals surface area contributed by atoms with Gasteiger partial charge in [-0.1, -0.05) is 36.4 Å². The SMILES string of the molecule is Cc1ccc(O)c2c1ccc1c3ccccc3[nH]c12. The van der Waals surface area contributed by atoms with E-state index in [1.54, 1.807) is 6.07 Å². The number of phenols is 1. The Morgan fingerprint density at radius 3 is 2.53 bits per heavy atom. The maximum Gasteiger partial charge on any atom is 0.125 e. The maximum atomic E-state index is 10.2. The molecule has 0 atom stereocenters. The molecule has 2 heteroatoms. The van der Waals surface area contributed by atoms with E-state index in [0.29, 0.717) is 5.75 Å². The standard InChI is InChI=1S/C17H13NO/c1-10-6-9-15(19)16-11(10)7-8-13-12-4-2-3-5-14(12)18-17(13)16/h2-9,18-19H,1H3. The number of aryl methyl sites for hydroxylation is 1. The fourth-order valence-corrected chi connectivity index (χ4v) is 2.89. The average Bonchev–Trinajstić information content (AvgIpc) is 2.81. The molecule has 1 heterocycles. The van der Waals surface area contributed by atoms with Gasteiger partial charge in [-0.2, -0.15) is 0 Å². The summed E-state index contributed by atoms with van der Waals surface area (Å²) >= 11 is 0. The number of hydrogen-bond donors (Lipinski definition) is 2. The van der Waals surface area contributed by atoms with E-state index in [9.17, 15) is 5.11 Å². The second-order valence-electron chi connectivity index (χ2n) is 4.98. The van der Waals surface area contributed by atoms with E-state index >= 15 is 0 Å². The van der Waals surface area contributed by atoms with Gasteiger partial charge in [0.2, 0.25) is 0 Å². The summed E-state index contributed by atoms with van der Waals surface area (Å²) < 4.78 is 0. The molecule has 0 radical (unpaired) electrons. The normalized spacial score (nSPS) is 11.6. The molecule has 0 bridgehead atoms. The highest BCUT2D eigenvalue weighted by Gasteiger charge is 2.11. The van der Waals surface area contributed by atoms with Crippen LogP contribution in [0, 0.1) is 6.92 Å². The third-order valence-corrected chi connectivity index (χ3v) is 3.85. The van der Waals surface area contributed by atoms with E-state index in [4.69, 9.17) is 0 Å². The largest absolute Gasteiger partial charge is 0.507 e. The fraction of sp³-hybridized carbons (Fsp3) is 0.0588. The summed E-state index contributed by atoms with van der Waals surface area (Å²) in [4.78, 5) is 3.43. The van der Waals surface area contributed by atoms with Gasteiger partial charge in [-0.3, -0.25) is 0 Å². The minimum absolute atomic E-state index is 0.331. The Morgan fingerprint density at radius 1 is 0.842 bits per heavy atom. The van der Waals surface area contributed by atoms with Crippen LogP contribution in [0.25, 0.3) is 32.6 Å². The van der Waals surface area contributed by atoms with Gasteiger partial charge in [0.15, 0.2) is 0 Å². The Balaban J connectivity index is 2.35. The lowest BCUT2D eigenvalue weighted by molar-refractivity contribution is 0.482. The van der Waals surface area contributed by atoms with Gasteiger partial charge >= 0.3 is 0 Å². The third-order valence-electron chi connectivity index (χ3n) is 3.85. The van der Waals surface area contributed by atoms with Crippen molar-refractivity contribution in [1.82, 2.24) is 4.98 Å². The predicted octanol–water partition coefficient (Wildman–Crippen LogP) is 4.49. The molecule has 0 aliphatic carbocycles. The number of benzene rings is 3. The van der Waals surface area contributed by atoms with E-state index < -0.39 is 0 Å². The smallest absolute Gasteiger partial charge is 0.125 e. The molecule has 0 saturated heterocycles. The van der Waals surface area contributed by atoms with Crippen LogP contribution < -0.4 is 0 Å². The lowest BCUT2D eigenvalue weighted by Gasteiger charge is -2.05. The van der Waals surface area contributed by atoms with Crippen molar-refractivity contribution >= 4 is 32.6 Å². The molecule has 4 aromatic rings. The highest BCUT2D eigenvalue weighted by atomic mass is 16.3. The number of phenolic OH excluding ortho intramolecular Hbond substituents is 1. The van der Waals surface area contributed by atoms with E-state index in [1.165, 1.54) is 10.9 Å². The first-order valence-electron chi connectivity index (χ1n) is 6.37. The predicted molar refractivity (Wildman–Crippen MR) is 79.7 cm³/mol. The summed E-state index contributed by atoms with van der Waals surface area (Å²) in [6.45, 7) is 2.07. The van der Waals surface area contributed by atoms with Crippen molar-refractivity contribution in [2.45, 2.75) is 6.92 Å². The summed E-state index contributed by atoms with van der Waals surface area (Å²) in [5, 5.41) is 14.6. The molecular weight excluding hydrogens is 234 g/mol. The van der Waals surface area contributed by atoms with Crippen LogP contribution in [0.5, 0.6) is 5.75 Å². The molecule has 3 aromatic carbocycles. The number of rotatable bonds is 0. The number of hydrogen-bond acceptors (Lipinski definition) is 1. The number of aromatic hydroxyl groups is 1. The van der Waals surface area contributed by atoms with Crippen LogP contribution in [-0.4, -0.2) is 10.1 Å². The molecule has 0 unspecified atom stereocenters. The maximum absolute atomic E-state index is 10.2. The number of aromatic amines is 1. The Bertz CT molecular complexity index is 934. The minimum atomic E-state index is 0.331. The van der Waals surface area contributed by atoms with Crippen molar-refractivity contribution in [2.24, 2.45) is 0 Å². The first kappa shape index (κ1) is 10.4. The zero-order valence-electron chi connectivity index (χ0n) is 10.6. The summed E-state index contributed by atoms with van der Waals surface area (Å²) in [6.07, 6.45) is 0. The molecule has 0 amide bonds. The zero-order valence-corrected chi connectivity index (χ0v) is 10.6. The molecule has 0 aliphatic rings. The lowest BCUT2D eigenvalue weighted by Crippen LogP contribution is -1.81. The quantitative estimate of drug-likeness (QED) is 0.472. The lowest BCUT2D eigenvalue weighted by atomic mass is 10.0. The second kappa shape index (κ2) is 3.51. The molecule has 1 aromatic heterocycles. The van der Waals surface area contributed by atoms with Crippen LogP contribution in [0.15, 0.2) is 48.5 Å². The van der Waals surface area contributed by atoms with E-state index in [-0.39, 0.29) is 0 Å². The van der Waals surface area contributed by atoms with Gasteiger partial charge < -0.3 is 10.1 Å². The number of H-pyrrole nitrogens is 1. The van der Waals surface area contributed by atoms with Crippen molar-refractivity contribution in [3.05, 3.63) is 54.1 Å². The minimum Gasteiger partial charge on any atom is -0.507 e. The highest BCUT2D eigenvalue weighted by molar-refractivity contribution is 6.18. The zero-order chi connectivity index (χ0) is 13.0. The number of para-hydroxylation sites is 1. The topological polar surface area (TPSA) is 36.0 Å². The number of aromatic nitrogens is 1. The van der Waals surface area contributed by atoms with Crippen LogP contribution in [-0.2, 0) is 0 Å². The summed E-state index contributed by atoms with van der Waals surface area (Å²) in [6, 6.07) is 16.2. The van der Waals surface area contributed by atoms with Gasteiger partial charge in [0.1, 0.15) is 5.75 Å². The van der Waals surface area contributed by atoms with Gasteiger partial charge in [0.25, 0.3) is 0 Å². The van der Waals surface area contributed by atoms with Gasteiger partial charge in [-0.25, -0.2) is 0 Å². The molecule has 2 nitrogen and oxygen atoms in total. The third kappa shape index (κ3) is 1.31. The first-order valence-corrected chi connectivity index (χ1v) is 6.37. The highest BCUT2D eigenvalue weighted by Crippen LogP contribution is 2.36. The van der Waals surface area contributed by atoms with Gasteiger partial charge in [-0.05, 0) is 30.0 Å². The molecule has 4 rings (SSSR count). The van der Waals surface area contributed by atoms with Crippen LogP contribution >= 0.6 is 0 Å². The molecule has 0 spiro atoms. The van der Waals surface area contributed by atoms with Crippen molar-refractivity contribution in [3.63, 3.8) is 0 Å². The first-order chi connectivity index (χ1) is 9.25. The van der Waals surface area contributed by atoms with E-state index in [1.807, 2.05) is 18.2 Å². The Labute approximate surface area is 110 Å². The molecule has 19 heavy (non-hydrogen) atoms. The Hall–Kier alpha value is -2.48. The molecule has 92 valence electrons. The number of nitrogens with one attached hydrogen (secondary N) is 1. The Morgan fingerprint density at radius 2 is 1.63 bits per heavy atom. The summed E-state index contributed by atoms with van der Waals surface area (Å²) in [7, 11) is 0. The van der Waals surface area contributed by atoms with Crippen molar-refractivity contribution in [1.29, 1.82) is 0 Å². The molecule has 0 saturated carbocycles. The summed E-state index contributed by atoms with van der Waals surface area (Å²) in [5.74, 6) is 0.331. The Kier molecular flexibility index (Phi) is 1.93. The van der Waals surface area contributed by atoms with E-state index in [0.717, 1.165) is 27.2 Å². The average molecular weight is 247 g/mol. The van der Waals surface area contributed by atoms with Crippen LogP contribution in [0.3, 0.4) is 0 Å². The van der Waals surface area contributed by atoms with Gasteiger partial charge in [0.05, 0.1) is 5.52 Å². The van der Waals surface area contributed by atoms with Crippen molar-refractivity contribution in [2.75, 3.05) is 0 Å². The molecule has 2 N–H and O–H groups in total. The van der Waals surface area contributed by atoms with Crippen molar-refractivity contribution < 1.29 is 5.11 Å². The monoisotopic (exact) mass is 247 g/mol. The summed E-state index contributed by atoms with van der Waals surface area (Å²) in [5.41, 5.74) is 3.29. The van der Waals surface area contributed by atoms with Gasteiger partial charge in [-0.15, -0.1) is 0 Å². The molecule has 0 aliphatic heterocycles. The van der Waals surface area contributed by atoms with Crippen LogP contribution in [0.1, 0.15) is 5.56 Å². The fourth-order valence-electron chi connectivity index (χ4n) is 2.89. The van der Waals surface area contributed by atoms with Gasteiger partial charge in [0, 0.05) is 21.7 Å². The van der Waals surface area contributed by atoms with Crippen molar-refractivity contribution in [3.8, 4) is 5.75 Å². The number of fused-ring (bicyclic) bond motifs is 5. The van der Waals surface area contributed by atoms with Crippen LogP contribution in [0.2, 0.25) is 0 Å². The second-order valence-corrected chi connectivity index (χ2v) is 4.98. The molecular formula is C17H13NO. The van der Waals surface area contributed by atoms with Crippen LogP contribution in [0.4, 0.5) is 0 Å². The van der Waals surface area contributed by atoms with E-state index in [2.05, 4.69) is 36.2 Å².